The molecule has 6 nitrogen and oxygen atoms in total. The zero-order chi connectivity index (χ0) is 13.6. The number of carboxylic acid groups (broad SMARTS) is 1. The Balaban J connectivity index is 4.04. The zero-order valence-corrected chi connectivity index (χ0v) is 10.8. The lowest BCUT2D eigenvalue weighted by Gasteiger charge is -2.21. The van der Waals surface area contributed by atoms with Gasteiger partial charge in [-0.2, -0.15) is 0 Å². The molecule has 0 aliphatic rings. The number of hydrogen-bond acceptors (Lipinski definition) is 4. The Bertz CT molecular complexity index is 271. The fourth-order valence-electron chi connectivity index (χ4n) is 1.19. The van der Waals surface area contributed by atoms with Crippen molar-refractivity contribution in [2.75, 3.05) is 6.54 Å². The molecule has 0 aliphatic heterocycles. The summed E-state index contributed by atoms with van der Waals surface area (Å²) in [4.78, 5) is 22.1. The SMILES string of the molecule is CC(O)C(NC(=O)CCNC(C)(C)C)C(=O)O. The third-order valence-corrected chi connectivity index (χ3v) is 2.07. The van der Waals surface area contributed by atoms with Crippen LogP contribution in [0.15, 0.2) is 0 Å². The number of carboxylic acids is 1. The Labute approximate surface area is 101 Å². The Morgan fingerprint density at radius 3 is 2.18 bits per heavy atom. The normalized spacial score (nSPS) is 15.1. The van der Waals surface area contributed by atoms with Crippen LogP contribution in [-0.4, -0.2) is 46.3 Å². The molecule has 100 valence electrons. The number of aliphatic hydroxyl groups is 1. The highest BCUT2D eigenvalue weighted by molar-refractivity contribution is 5.84. The summed E-state index contributed by atoms with van der Waals surface area (Å²) in [6.45, 7) is 7.70. The first-order valence-electron chi connectivity index (χ1n) is 5.59. The predicted octanol–water partition coefficient (Wildman–Crippen LogP) is -0.285. The third kappa shape index (κ3) is 7.70. The molecule has 0 saturated heterocycles. The van der Waals surface area contributed by atoms with Crippen molar-refractivity contribution in [1.29, 1.82) is 0 Å². The second-order valence-electron chi connectivity index (χ2n) is 5.05. The van der Waals surface area contributed by atoms with Crippen LogP contribution in [0.2, 0.25) is 0 Å². The number of carbonyl (C=O) groups is 2. The van der Waals surface area contributed by atoms with Crippen LogP contribution >= 0.6 is 0 Å². The van der Waals surface area contributed by atoms with Gasteiger partial charge in [0.15, 0.2) is 6.04 Å². The molecule has 0 aromatic carbocycles. The standard InChI is InChI=1S/C11H22N2O4/c1-7(14)9(10(16)17)13-8(15)5-6-12-11(2,3)4/h7,9,12,14H,5-6H2,1-4H3,(H,13,15)(H,16,17). The second kappa shape index (κ2) is 6.56. The molecular weight excluding hydrogens is 224 g/mol. The molecule has 2 unspecified atom stereocenters. The summed E-state index contributed by atoms with van der Waals surface area (Å²) < 4.78 is 0. The van der Waals surface area contributed by atoms with Gasteiger partial charge in [0.25, 0.3) is 0 Å². The van der Waals surface area contributed by atoms with Crippen molar-refractivity contribution in [1.82, 2.24) is 10.6 Å². The summed E-state index contributed by atoms with van der Waals surface area (Å²) in [7, 11) is 0. The van der Waals surface area contributed by atoms with Crippen molar-refractivity contribution in [3.05, 3.63) is 0 Å². The Hall–Kier alpha value is -1.14. The van der Waals surface area contributed by atoms with E-state index in [0.717, 1.165) is 0 Å². The van der Waals surface area contributed by atoms with Gasteiger partial charge in [0.05, 0.1) is 6.10 Å². The number of amides is 1. The lowest BCUT2D eigenvalue weighted by Crippen LogP contribution is -2.48. The Kier molecular flexibility index (Phi) is 6.12. The molecule has 1 amide bonds. The maximum absolute atomic E-state index is 11.4. The predicted molar refractivity (Wildman–Crippen MR) is 63.6 cm³/mol. The molecular formula is C11H22N2O4. The molecule has 0 aromatic heterocycles. The maximum Gasteiger partial charge on any atom is 0.328 e. The van der Waals surface area contributed by atoms with Crippen LogP contribution in [0.4, 0.5) is 0 Å². The molecule has 0 radical (unpaired) electrons. The van der Waals surface area contributed by atoms with Gasteiger partial charge in [-0.3, -0.25) is 4.79 Å². The summed E-state index contributed by atoms with van der Waals surface area (Å²) in [6.07, 6.45) is -0.944. The van der Waals surface area contributed by atoms with Crippen LogP contribution in [0, 0.1) is 0 Å². The van der Waals surface area contributed by atoms with E-state index in [2.05, 4.69) is 10.6 Å². The number of nitrogens with one attached hydrogen (secondary N) is 2. The van der Waals surface area contributed by atoms with E-state index in [0.29, 0.717) is 6.54 Å². The Morgan fingerprint density at radius 2 is 1.82 bits per heavy atom. The van der Waals surface area contributed by atoms with Crippen molar-refractivity contribution < 1.29 is 19.8 Å². The number of carbonyl (C=O) groups excluding carboxylic acids is 1. The van der Waals surface area contributed by atoms with E-state index in [9.17, 15) is 14.7 Å². The molecule has 0 heterocycles. The highest BCUT2D eigenvalue weighted by Crippen LogP contribution is 1.98. The van der Waals surface area contributed by atoms with E-state index in [1.165, 1.54) is 6.92 Å². The van der Waals surface area contributed by atoms with Crippen molar-refractivity contribution in [3.63, 3.8) is 0 Å². The quantitative estimate of drug-likeness (QED) is 0.516. The molecule has 0 saturated carbocycles. The summed E-state index contributed by atoms with van der Waals surface area (Å²) in [5.74, 6) is -1.63. The molecule has 6 heteroatoms. The smallest absolute Gasteiger partial charge is 0.328 e. The van der Waals surface area contributed by atoms with E-state index in [4.69, 9.17) is 5.11 Å². The van der Waals surface area contributed by atoms with Crippen molar-refractivity contribution in [2.45, 2.75) is 51.8 Å². The zero-order valence-electron chi connectivity index (χ0n) is 10.8. The number of aliphatic carboxylic acids is 1. The van der Waals surface area contributed by atoms with E-state index in [1.54, 1.807) is 0 Å². The van der Waals surface area contributed by atoms with Crippen LogP contribution in [-0.2, 0) is 9.59 Å². The van der Waals surface area contributed by atoms with Gasteiger partial charge < -0.3 is 20.8 Å². The lowest BCUT2D eigenvalue weighted by atomic mass is 10.1. The van der Waals surface area contributed by atoms with E-state index in [1.807, 2.05) is 20.8 Å². The minimum absolute atomic E-state index is 0.0866. The summed E-state index contributed by atoms with van der Waals surface area (Å²) >= 11 is 0. The summed E-state index contributed by atoms with van der Waals surface area (Å²) in [5.41, 5.74) is -0.0866. The molecule has 4 N–H and O–H groups in total. The van der Waals surface area contributed by atoms with E-state index < -0.39 is 24.0 Å². The van der Waals surface area contributed by atoms with Gasteiger partial charge in [-0.15, -0.1) is 0 Å². The van der Waals surface area contributed by atoms with Gasteiger partial charge in [-0.1, -0.05) is 0 Å². The molecule has 0 bridgehead atoms. The fourth-order valence-corrected chi connectivity index (χ4v) is 1.19. The first kappa shape index (κ1) is 15.9. The number of rotatable bonds is 6. The van der Waals surface area contributed by atoms with Gasteiger partial charge in [-0.25, -0.2) is 4.79 Å². The van der Waals surface area contributed by atoms with Crippen molar-refractivity contribution >= 4 is 11.9 Å². The average Bonchev–Trinajstić information content (AvgIpc) is 2.10. The second-order valence-corrected chi connectivity index (χ2v) is 5.05. The van der Waals surface area contributed by atoms with Crippen LogP contribution in [0.25, 0.3) is 0 Å². The average molecular weight is 246 g/mol. The van der Waals surface area contributed by atoms with Gasteiger partial charge in [0.1, 0.15) is 0 Å². The molecule has 0 aromatic rings. The van der Waals surface area contributed by atoms with E-state index >= 15 is 0 Å². The van der Waals surface area contributed by atoms with Gasteiger partial charge >= 0.3 is 5.97 Å². The van der Waals surface area contributed by atoms with Gasteiger partial charge in [0, 0.05) is 18.5 Å². The maximum atomic E-state index is 11.4. The topological polar surface area (TPSA) is 98.7 Å². The largest absolute Gasteiger partial charge is 0.480 e. The van der Waals surface area contributed by atoms with Crippen LogP contribution in [0.3, 0.4) is 0 Å². The van der Waals surface area contributed by atoms with Crippen LogP contribution in [0.5, 0.6) is 0 Å². The minimum Gasteiger partial charge on any atom is -0.480 e. The number of aliphatic hydroxyl groups excluding tert-OH is 1. The highest BCUT2D eigenvalue weighted by Gasteiger charge is 2.24. The first-order chi connectivity index (χ1) is 7.63. The molecule has 0 rings (SSSR count). The highest BCUT2D eigenvalue weighted by atomic mass is 16.4. The van der Waals surface area contributed by atoms with Crippen LogP contribution in [0.1, 0.15) is 34.1 Å². The minimum atomic E-state index is -1.25. The van der Waals surface area contributed by atoms with Crippen molar-refractivity contribution in [2.24, 2.45) is 0 Å². The molecule has 0 fully saturated rings. The molecule has 0 aliphatic carbocycles. The molecule has 17 heavy (non-hydrogen) atoms. The van der Waals surface area contributed by atoms with Gasteiger partial charge in [-0.05, 0) is 27.7 Å². The van der Waals surface area contributed by atoms with Gasteiger partial charge in [0.2, 0.25) is 5.91 Å². The van der Waals surface area contributed by atoms with E-state index in [-0.39, 0.29) is 12.0 Å². The molecule has 2 atom stereocenters. The Morgan fingerprint density at radius 1 is 1.29 bits per heavy atom. The lowest BCUT2D eigenvalue weighted by molar-refractivity contribution is -0.144. The number of hydrogen-bond donors (Lipinski definition) is 4. The third-order valence-electron chi connectivity index (χ3n) is 2.07. The first-order valence-corrected chi connectivity index (χ1v) is 5.59. The molecule has 0 spiro atoms. The summed E-state index contributed by atoms with van der Waals surface area (Å²) in [6, 6.07) is -1.25. The van der Waals surface area contributed by atoms with Crippen molar-refractivity contribution in [3.8, 4) is 0 Å². The van der Waals surface area contributed by atoms with Crippen LogP contribution < -0.4 is 10.6 Å². The summed E-state index contributed by atoms with van der Waals surface area (Å²) in [5, 5.41) is 23.3. The fraction of sp³-hybridized carbons (Fsp3) is 0.818. The monoisotopic (exact) mass is 246 g/mol.